The van der Waals surface area contributed by atoms with Crippen LogP contribution in [-0.2, 0) is 28.6 Å². The Kier molecular flexibility index (Phi) is 56.3. The van der Waals surface area contributed by atoms with Crippen LogP contribution >= 0.6 is 0 Å². The second kappa shape index (κ2) is 58.7. The Morgan fingerprint density at radius 3 is 0.871 bits per heavy atom. The van der Waals surface area contributed by atoms with E-state index in [9.17, 15) is 14.4 Å². The van der Waals surface area contributed by atoms with Gasteiger partial charge in [0.05, 0.1) is 0 Å². The summed E-state index contributed by atoms with van der Waals surface area (Å²) >= 11 is 0. The van der Waals surface area contributed by atoms with Crippen LogP contribution in [0, 0.1) is 0 Å². The molecule has 1 atom stereocenters. The monoisotopic (exact) mass is 979 g/mol. The fraction of sp³-hybridized carbons (Fsp3) is 0.797. The van der Waals surface area contributed by atoms with Crippen LogP contribution in [0.2, 0.25) is 0 Å². The predicted octanol–water partition coefficient (Wildman–Crippen LogP) is 20.4. The fourth-order valence-corrected chi connectivity index (χ4v) is 8.60. The lowest BCUT2D eigenvalue weighted by molar-refractivity contribution is -0.167. The Bertz CT molecular complexity index is 1260. The van der Waals surface area contributed by atoms with Crippen molar-refractivity contribution in [2.24, 2.45) is 0 Å². The van der Waals surface area contributed by atoms with Gasteiger partial charge in [0, 0.05) is 19.3 Å². The van der Waals surface area contributed by atoms with Crippen LogP contribution in [0.15, 0.2) is 60.8 Å². The molecule has 0 radical (unpaired) electrons. The number of esters is 3. The van der Waals surface area contributed by atoms with Crippen LogP contribution in [0.25, 0.3) is 0 Å². The lowest BCUT2D eigenvalue weighted by Crippen LogP contribution is -2.30. The predicted molar refractivity (Wildman–Crippen MR) is 302 cm³/mol. The maximum absolute atomic E-state index is 12.9. The molecule has 70 heavy (non-hydrogen) atoms. The molecule has 0 saturated carbocycles. The molecule has 0 aromatic rings. The molecule has 6 nitrogen and oxygen atoms in total. The first-order valence-corrected chi connectivity index (χ1v) is 30.3. The van der Waals surface area contributed by atoms with E-state index in [-0.39, 0.29) is 31.1 Å². The summed E-state index contributed by atoms with van der Waals surface area (Å²) in [6, 6.07) is 0. The van der Waals surface area contributed by atoms with Crippen LogP contribution in [-0.4, -0.2) is 37.2 Å². The van der Waals surface area contributed by atoms with E-state index in [1.807, 2.05) is 0 Å². The topological polar surface area (TPSA) is 78.9 Å². The highest BCUT2D eigenvalue weighted by molar-refractivity contribution is 5.71. The molecule has 0 rings (SSSR count). The van der Waals surface area contributed by atoms with E-state index in [2.05, 4.69) is 81.5 Å². The summed E-state index contributed by atoms with van der Waals surface area (Å²) in [4.78, 5) is 38.2. The smallest absolute Gasteiger partial charge is 0.306 e. The average molecular weight is 980 g/mol. The molecular weight excluding hydrogens is 865 g/mol. The average Bonchev–Trinajstić information content (AvgIpc) is 3.36. The van der Waals surface area contributed by atoms with Gasteiger partial charge in [0.15, 0.2) is 6.10 Å². The Morgan fingerprint density at radius 2 is 0.529 bits per heavy atom. The maximum Gasteiger partial charge on any atom is 0.306 e. The summed E-state index contributed by atoms with van der Waals surface area (Å²) in [7, 11) is 0. The quantitative estimate of drug-likeness (QED) is 0.0261. The molecule has 0 bridgehead atoms. The van der Waals surface area contributed by atoms with Gasteiger partial charge in [0.2, 0.25) is 0 Å². The fourth-order valence-electron chi connectivity index (χ4n) is 8.60. The number of hydrogen-bond acceptors (Lipinski definition) is 6. The summed E-state index contributed by atoms with van der Waals surface area (Å²) in [5.41, 5.74) is 0. The number of ether oxygens (including phenoxy) is 3. The Hall–Kier alpha value is -2.89. The van der Waals surface area contributed by atoms with Gasteiger partial charge in [0.1, 0.15) is 13.2 Å². The SMILES string of the molecule is CCCC/C=C/C/C=C/CCCCCCCC(=O)OC[C@H](COC(=O)CCCCCCCCCCC/C=C/C/C=C/CCCCC)OC(=O)CCCCCCCCCCC/C=C/CCCCCCCC. The van der Waals surface area contributed by atoms with Crippen molar-refractivity contribution < 1.29 is 28.6 Å². The van der Waals surface area contributed by atoms with Crippen LogP contribution in [0.4, 0.5) is 0 Å². The molecule has 6 heteroatoms. The van der Waals surface area contributed by atoms with Gasteiger partial charge >= 0.3 is 17.9 Å². The number of unbranched alkanes of at least 4 members (excludes halogenated alkanes) is 34. The summed E-state index contributed by atoms with van der Waals surface area (Å²) in [5.74, 6) is -0.887. The van der Waals surface area contributed by atoms with E-state index in [0.717, 1.165) is 83.5 Å². The van der Waals surface area contributed by atoms with Gasteiger partial charge in [-0.05, 0) is 103 Å². The van der Waals surface area contributed by atoms with Crippen molar-refractivity contribution in [2.45, 2.75) is 316 Å². The summed E-state index contributed by atoms with van der Waals surface area (Å²) < 4.78 is 16.9. The van der Waals surface area contributed by atoms with Crippen LogP contribution in [0.5, 0.6) is 0 Å². The second-order valence-corrected chi connectivity index (χ2v) is 20.2. The summed E-state index contributed by atoms with van der Waals surface area (Å²) in [5, 5.41) is 0. The molecule has 0 spiro atoms. The third-order valence-corrected chi connectivity index (χ3v) is 13.2. The van der Waals surface area contributed by atoms with Gasteiger partial charge in [-0.3, -0.25) is 14.4 Å². The molecule has 0 aliphatic carbocycles. The standard InChI is InChI=1S/C64H114O6/c1-4-7-10-13-16-19-22-25-28-30-32-34-36-39-42-45-48-51-54-57-63(66)69-60-61(59-68-62(65)56-53-50-47-44-41-38-27-24-21-18-15-12-9-6-3)70-64(67)58-55-52-49-46-43-40-37-35-33-31-29-26-23-20-17-14-11-8-5-2/h15-16,18-19,24-29,61H,4-14,17,20-23,30-60H2,1-3H3/b18-15+,19-16+,27-24+,28-25+,29-26+/t61-/m1/s1. The Labute approximate surface area is 434 Å². The zero-order valence-electron chi connectivity index (χ0n) is 46.5. The Balaban J connectivity index is 4.37. The van der Waals surface area contributed by atoms with Crippen molar-refractivity contribution in [1.29, 1.82) is 0 Å². The van der Waals surface area contributed by atoms with Gasteiger partial charge in [0.25, 0.3) is 0 Å². The minimum absolute atomic E-state index is 0.0805. The first-order chi connectivity index (χ1) is 34.5. The van der Waals surface area contributed by atoms with Gasteiger partial charge in [-0.1, -0.05) is 248 Å². The molecule has 0 fully saturated rings. The molecule has 0 heterocycles. The Morgan fingerprint density at radius 1 is 0.286 bits per heavy atom. The van der Waals surface area contributed by atoms with Crippen molar-refractivity contribution in [1.82, 2.24) is 0 Å². The molecule has 0 unspecified atom stereocenters. The second-order valence-electron chi connectivity index (χ2n) is 20.2. The molecule has 0 N–H and O–H groups in total. The maximum atomic E-state index is 12.9. The highest BCUT2D eigenvalue weighted by atomic mass is 16.6. The largest absolute Gasteiger partial charge is 0.462 e. The van der Waals surface area contributed by atoms with Gasteiger partial charge in [-0.15, -0.1) is 0 Å². The molecule has 0 amide bonds. The first kappa shape index (κ1) is 67.1. The van der Waals surface area contributed by atoms with E-state index >= 15 is 0 Å². The van der Waals surface area contributed by atoms with Crippen LogP contribution in [0.1, 0.15) is 310 Å². The number of hydrogen-bond donors (Lipinski definition) is 0. The highest BCUT2D eigenvalue weighted by Crippen LogP contribution is 2.16. The normalized spacial score (nSPS) is 12.4. The van der Waals surface area contributed by atoms with Crippen LogP contribution in [0.3, 0.4) is 0 Å². The van der Waals surface area contributed by atoms with Crippen molar-refractivity contribution in [3.05, 3.63) is 60.8 Å². The van der Waals surface area contributed by atoms with Gasteiger partial charge in [-0.2, -0.15) is 0 Å². The molecule has 0 aromatic heterocycles. The van der Waals surface area contributed by atoms with E-state index in [1.54, 1.807) is 0 Å². The minimum Gasteiger partial charge on any atom is -0.462 e. The van der Waals surface area contributed by atoms with Crippen molar-refractivity contribution in [2.75, 3.05) is 13.2 Å². The van der Waals surface area contributed by atoms with E-state index in [4.69, 9.17) is 14.2 Å². The lowest BCUT2D eigenvalue weighted by Gasteiger charge is -2.18. The van der Waals surface area contributed by atoms with Crippen LogP contribution < -0.4 is 0 Å². The lowest BCUT2D eigenvalue weighted by atomic mass is 10.1. The van der Waals surface area contributed by atoms with Gasteiger partial charge < -0.3 is 14.2 Å². The first-order valence-electron chi connectivity index (χ1n) is 30.3. The molecule has 0 aliphatic rings. The minimum atomic E-state index is -0.783. The summed E-state index contributed by atoms with van der Waals surface area (Å²) in [6.07, 6.45) is 73.5. The third kappa shape index (κ3) is 56.0. The molecular formula is C64H114O6. The number of carbonyl (C=O) groups excluding carboxylic acids is 3. The van der Waals surface area contributed by atoms with E-state index < -0.39 is 6.10 Å². The van der Waals surface area contributed by atoms with Crippen molar-refractivity contribution in [3.8, 4) is 0 Å². The van der Waals surface area contributed by atoms with Crippen molar-refractivity contribution >= 4 is 17.9 Å². The van der Waals surface area contributed by atoms with Crippen molar-refractivity contribution in [3.63, 3.8) is 0 Å². The highest BCUT2D eigenvalue weighted by Gasteiger charge is 2.19. The molecule has 0 saturated heterocycles. The number of carbonyl (C=O) groups is 3. The number of rotatable bonds is 55. The van der Waals surface area contributed by atoms with Gasteiger partial charge in [-0.25, -0.2) is 0 Å². The zero-order chi connectivity index (χ0) is 50.7. The molecule has 0 aromatic carbocycles. The van der Waals surface area contributed by atoms with E-state index in [1.165, 1.54) is 186 Å². The van der Waals surface area contributed by atoms with E-state index in [0.29, 0.717) is 19.3 Å². The summed E-state index contributed by atoms with van der Waals surface area (Å²) in [6.45, 7) is 6.59. The zero-order valence-corrected chi connectivity index (χ0v) is 46.5. The molecule has 406 valence electrons. The third-order valence-electron chi connectivity index (χ3n) is 13.2. The molecule has 0 aliphatic heterocycles. The number of allylic oxidation sites excluding steroid dienone is 10.